The first kappa shape index (κ1) is 32.4. The van der Waals surface area contributed by atoms with E-state index in [0.29, 0.717) is 55.9 Å². The lowest BCUT2D eigenvalue weighted by Crippen LogP contribution is -2.32. The van der Waals surface area contributed by atoms with E-state index in [1.54, 1.807) is 12.1 Å². The van der Waals surface area contributed by atoms with Gasteiger partial charge in [-0.1, -0.05) is 53.9 Å². The average molecular weight is 696 g/mol. The number of piperidine rings is 1. The predicted octanol–water partition coefficient (Wildman–Crippen LogP) is 8.34. The molecule has 0 spiro atoms. The van der Waals surface area contributed by atoms with Crippen molar-refractivity contribution >= 4 is 46.4 Å². The molecule has 0 radical (unpaired) electrons. The van der Waals surface area contributed by atoms with Crippen LogP contribution in [0.4, 0.5) is 11.4 Å². The molecule has 3 fully saturated rings. The molecule has 2 aromatic heterocycles. The number of carbonyl (C=O) groups excluding carboxylic acids is 2. The number of pyridine rings is 2. The smallest absolute Gasteiger partial charge is 0.274 e. The van der Waals surface area contributed by atoms with Crippen LogP contribution in [0.3, 0.4) is 0 Å². The Hall–Kier alpha value is -3.82. The van der Waals surface area contributed by atoms with E-state index in [-0.39, 0.29) is 11.8 Å². The third-order valence-electron chi connectivity index (χ3n) is 10.3. The summed E-state index contributed by atoms with van der Waals surface area (Å²) in [6, 6.07) is 15.4. The molecule has 4 heterocycles. The summed E-state index contributed by atoms with van der Waals surface area (Å²) in [6.07, 6.45) is 13.3. The summed E-state index contributed by atoms with van der Waals surface area (Å²) >= 11 is 13.8. The van der Waals surface area contributed by atoms with Gasteiger partial charge in [0.25, 0.3) is 11.8 Å². The maximum atomic E-state index is 13.5. The molecule has 49 heavy (non-hydrogen) atoms. The number of hydrogen-bond acceptors (Lipinski definition) is 6. The Morgan fingerprint density at radius 1 is 0.755 bits per heavy atom. The van der Waals surface area contributed by atoms with Crippen LogP contribution in [0, 0.1) is 0 Å². The number of hydrogen-bond donors (Lipinski definition) is 2. The zero-order valence-electron chi connectivity index (χ0n) is 27.5. The Kier molecular flexibility index (Phi) is 9.14. The van der Waals surface area contributed by atoms with Crippen molar-refractivity contribution in [3.05, 3.63) is 105 Å². The number of likely N-dealkylation sites (tertiary alicyclic amines) is 1. The summed E-state index contributed by atoms with van der Waals surface area (Å²) in [6.45, 7) is 5.03. The van der Waals surface area contributed by atoms with E-state index in [0.717, 1.165) is 52.0 Å². The molecule has 2 saturated carbocycles. The van der Waals surface area contributed by atoms with E-state index < -0.39 is 0 Å². The Morgan fingerprint density at radius 2 is 1.39 bits per heavy atom. The Bertz CT molecular complexity index is 1920. The van der Waals surface area contributed by atoms with Crippen LogP contribution in [-0.4, -0.2) is 57.3 Å². The van der Waals surface area contributed by atoms with Crippen LogP contribution in [-0.2, 0) is 19.5 Å². The zero-order chi connectivity index (χ0) is 33.5. The number of nitrogens with one attached hydrogen (secondary N) is 2. The van der Waals surface area contributed by atoms with Crippen molar-refractivity contribution in [3.63, 3.8) is 0 Å². The van der Waals surface area contributed by atoms with Gasteiger partial charge in [0.05, 0.1) is 21.4 Å². The highest BCUT2D eigenvalue weighted by molar-refractivity contribution is 6.40. The number of anilines is 2. The van der Waals surface area contributed by atoms with Crippen molar-refractivity contribution in [2.45, 2.75) is 76.4 Å². The van der Waals surface area contributed by atoms with Crippen molar-refractivity contribution in [3.8, 4) is 11.1 Å². The van der Waals surface area contributed by atoms with Gasteiger partial charge >= 0.3 is 0 Å². The lowest BCUT2D eigenvalue weighted by molar-refractivity contribution is 0.101. The van der Waals surface area contributed by atoms with Crippen LogP contribution >= 0.6 is 23.2 Å². The summed E-state index contributed by atoms with van der Waals surface area (Å²) in [5.74, 6) is -0.133. The molecule has 2 aliphatic carbocycles. The number of nitrogens with zero attached hydrogens (tertiary/aromatic N) is 4. The first-order valence-electron chi connectivity index (χ1n) is 17.5. The maximum absolute atomic E-state index is 13.5. The van der Waals surface area contributed by atoms with Gasteiger partial charge in [0.2, 0.25) is 0 Å². The van der Waals surface area contributed by atoms with E-state index >= 15 is 0 Å². The minimum atomic E-state index is -0.321. The lowest BCUT2D eigenvalue weighted by atomic mass is 10.0. The molecular formula is C39H40Cl2N6O2. The second-order valence-corrected chi connectivity index (χ2v) is 14.7. The third kappa shape index (κ3) is 7.11. The van der Waals surface area contributed by atoms with Crippen molar-refractivity contribution in [1.29, 1.82) is 0 Å². The molecule has 4 aromatic rings. The molecule has 2 amide bonds. The SMILES string of the molecule is O=C(Nc1cccc(-c2cccc(NC(=O)c3cc(C4CC4)c(CN4CCCCC4)cn3)c2Cl)c1Cl)c1cc2c(cn1)CN(C1CC1)CC2. The van der Waals surface area contributed by atoms with E-state index in [9.17, 15) is 9.59 Å². The largest absolute Gasteiger partial charge is 0.319 e. The highest BCUT2D eigenvalue weighted by Crippen LogP contribution is 2.43. The number of amides is 2. The van der Waals surface area contributed by atoms with Crippen molar-refractivity contribution in [2.24, 2.45) is 0 Å². The van der Waals surface area contributed by atoms with Gasteiger partial charge in [-0.05, 0) is 110 Å². The van der Waals surface area contributed by atoms with E-state index in [4.69, 9.17) is 23.2 Å². The molecule has 0 bridgehead atoms. The van der Waals surface area contributed by atoms with Crippen LogP contribution in [0.25, 0.3) is 11.1 Å². The van der Waals surface area contributed by atoms with Gasteiger partial charge in [-0.25, -0.2) is 0 Å². The number of halogens is 2. The van der Waals surface area contributed by atoms with E-state index in [2.05, 4.69) is 30.4 Å². The van der Waals surface area contributed by atoms with Crippen LogP contribution in [0.1, 0.15) is 94.1 Å². The van der Waals surface area contributed by atoms with Gasteiger partial charge in [0, 0.05) is 49.2 Å². The molecule has 4 aliphatic rings. The minimum Gasteiger partial charge on any atom is -0.319 e. The minimum absolute atomic E-state index is 0.310. The molecule has 8 rings (SSSR count). The number of aromatic nitrogens is 2. The lowest BCUT2D eigenvalue weighted by Gasteiger charge is -2.28. The Morgan fingerprint density at radius 3 is 2.02 bits per heavy atom. The average Bonchev–Trinajstić information content (AvgIpc) is 4.05. The quantitative estimate of drug-likeness (QED) is 0.183. The van der Waals surface area contributed by atoms with E-state index in [1.807, 2.05) is 48.8 Å². The molecule has 2 aromatic carbocycles. The summed E-state index contributed by atoms with van der Waals surface area (Å²) in [4.78, 5) is 40.9. The fourth-order valence-electron chi connectivity index (χ4n) is 7.27. The van der Waals surface area contributed by atoms with Crippen LogP contribution in [0.5, 0.6) is 0 Å². The van der Waals surface area contributed by atoms with Crippen LogP contribution < -0.4 is 10.6 Å². The Balaban J connectivity index is 0.979. The van der Waals surface area contributed by atoms with Gasteiger partial charge in [-0.3, -0.25) is 29.4 Å². The molecular weight excluding hydrogens is 655 g/mol. The molecule has 10 heteroatoms. The Labute approximate surface area is 297 Å². The van der Waals surface area contributed by atoms with Gasteiger partial charge in [-0.2, -0.15) is 0 Å². The van der Waals surface area contributed by atoms with Crippen LogP contribution in [0.15, 0.2) is 60.9 Å². The van der Waals surface area contributed by atoms with Crippen molar-refractivity contribution in [2.75, 3.05) is 30.3 Å². The highest BCUT2D eigenvalue weighted by atomic mass is 35.5. The van der Waals surface area contributed by atoms with Gasteiger partial charge in [0.1, 0.15) is 11.4 Å². The first-order chi connectivity index (χ1) is 23.9. The molecule has 0 unspecified atom stereocenters. The molecule has 0 atom stereocenters. The summed E-state index contributed by atoms with van der Waals surface area (Å²) < 4.78 is 0. The predicted molar refractivity (Wildman–Crippen MR) is 195 cm³/mol. The summed E-state index contributed by atoms with van der Waals surface area (Å²) in [5.41, 5.74) is 7.76. The number of carbonyl (C=O) groups is 2. The fraction of sp³-hybridized carbons (Fsp3) is 0.385. The molecule has 2 N–H and O–H groups in total. The zero-order valence-corrected chi connectivity index (χ0v) is 29.0. The topological polar surface area (TPSA) is 90.5 Å². The second-order valence-electron chi connectivity index (χ2n) is 13.9. The standard InChI is InChI=1S/C39H40Cl2N6O2/c40-36-29(6-4-8-32(36)44-38(48)34-18-25-14-17-47(28-12-13-28)23-26(25)20-42-34)30-7-5-9-33(37(30)41)45-39(49)35-19-31(24-10-11-24)27(21-43-35)22-46-15-2-1-3-16-46/h4-9,18-21,24,28H,1-3,10-17,22-23H2,(H,44,48)(H,45,49). The van der Waals surface area contributed by atoms with Gasteiger partial charge < -0.3 is 10.6 Å². The number of rotatable bonds is 9. The molecule has 8 nitrogen and oxygen atoms in total. The molecule has 2 aliphatic heterocycles. The first-order valence-corrected chi connectivity index (χ1v) is 18.3. The molecule has 252 valence electrons. The van der Waals surface area contributed by atoms with Crippen LogP contribution in [0.2, 0.25) is 10.0 Å². The normalized spacial score (nSPS) is 18.2. The second kappa shape index (κ2) is 13.8. The van der Waals surface area contributed by atoms with Gasteiger partial charge in [-0.15, -0.1) is 0 Å². The maximum Gasteiger partial charge on any atom is 0.274 e. The number of benzene rings is 2. The van der Waals surface area contributed by atoms with Gasteiger partial charge in [0.15, 0.2) is 0 Å². The fourth-order valence-corrected chi connectivity index (χ4v) is 7.82. The van der Waals surface area contributed by atoms with Crippen molar-refractivity contribution in [1.82, 2.24) is 19.8 Å². The monoisotopic (exact) mass is 694 g/mol. The molecule has 1 saturated heterocycles. The number of fused-ring (bicyclic) bond motifs is 1. The highest BCUT2D eigenvalue weighted by Gasteiger charge is 2.32. The van der Waals surface area contributed by atoms with E-state index in [1.165, 1.54) is 54.4 Å². The summed E-state index contributed by atoms with van der Waals surface area (Å²) in [7, 11) is 0. The van der Waals surface area contributed by atoms with Crippen molar-refractivity contribution < 1.29 is 9.59 Å². The third-order valence-corrected chi connectivity index (χ3v) is 11.1. The summed E-state index contributed by atoms with van der Waals surface area (Å²) in [5, 5.41) is 6.63.